The number of nitrogens with one attached hydrogen (secondary N) is 1. The van der Waals surface area contributed by atoms with E-state index in [0.717, 1.165) is 48.7 Å². The molecule has 3 heterocycles. The maximum atomic E-state index is 12.5. The Balaban J connectivity index is 1.38. The third kappa shape index (κ3) is 4.46. The van der Waals surface area contributed by atoms with E-state index in [1.165, 1.54) is 4.88 Å². The second-order valence-electron chi connectivity index (χ2n) is 8.20. The lowest BCUT2D eigenvalue weighted by Gasteiger charge is -2.29. The molecule has 0 saturated heterocycles. The second kappa shape index (κ2) is 8.69. The molecule has 0 spiro atoms. The van der Waals surface area contributed by atoms with E-state index in [1.807, 2.05) is 45.1 Å². The van der Waals surface area contributed by atoms with Gasteiger partial charge in [-0.1, -0.05) is 0 Å². The molecule has 3 aromatic rings. The van der Waals surface area contributed by atoms with Gasteiger partial charge in [0, 0.05) is 49.5 Å². The second-order valence-corrected chi connectivity index (χ2v) is 9.30. The summed E-state index contributed by atoms with van der Waals surface area (Å²) in [6.45, 7) is 4.80. The molecule has 1 N–H and O–H groups in total. The van der Waals surface area contributed by atoms with Gasteiger partial charge >= 0.3 is 0 Å². The van der Waals surface area contributed by atoms with Gasteiger partial charge in [-0.3, -0.25) is 4.79 Å². The van der Waals surface area contributed by atoms with E-state index in [9.17, 15) is 4.79 Å². The Labute approximate surface area is 180 Å². The molecule has 160 valence electrons. The number of aromatic nitrogens is 5. The van der Waals surface area contributed by atoms with Crippen LogP contribution in [0, 0.1) is 13.8 Å². The van der Waals surface area contributed by atoms with Crippen LogP contribution in [0.3, 0.4) is 0 Å². The smallest absolute Gasteiger partial charge is 0.267 e. The van der Waals surface area contributed by atoms with Gasteiger partial charge in [0.25, 0.3) is 5.56 Å². The van der Waals surface area contributed by atoms with Gasteiger partial charge in [-0.2, -0.15) is 5.10 Å². The zero-order chi connectivity index (χ0) is 21.3. The zero-order valence-corrected chi connectivity index (χ0v) is 18.8. The minimum absolute atomic E-state index is 0.0439. The highest BCUT2D eigenvalue weighted by Gasteiger charge is 2.24. The number of thiazole rings is 1. The predicted octanol–water partition coefficient (Wildman–Crippen LogP) is 2.84. The fraction of sp³-hybridized carbons (Fsp3) is 0.524. The van der Waals surface area contributed by atoms with Crippen LogP contribution in [-0.2, 0) is 6.54 Å². The third-order valence-electron chi connectivity index (χ3n) is 5.57. The van der Waals surface area contributed by atoms with Gasteiger partial charge in [0.15, 0.2) is 10.9 Å². The number of anilines is 1. The molecule has 1 saturated carbocycles. The Kier molecular flexibility index (Phi) is 6.01. The summed E-state index contributed by atoms with van der Waals surface area (Å²) in [5.74, 6) is 0.697. The molecular weight excluding hydrogens is 398 g/mol. The lowest BCUT2D eigenvalue weighted by atomic mass is 9.91. The van der Waals surface area contributed by atoms with Crippen LogP contribution in [0.25, 0.3) is 5.82 Å². The van der Waals surface area contributed by atoms with E-state index in [0.29, 0.717) is 11.9 Å². The molecule has 4 rings (SSSR count). The van der Waals surface area contributed by atoms with E-state index in [4.69, 9.17) is 0 Å². The monoisotopic (exact) mass is 427 g/mol. The molecule has 8 nitrogen and oxygen atoms in total. The quantitative estimate of drug-likeness (QED) is 0.652. The van der Waals surface area contributed by atoms with E-state index < -0.39 is 0 Å². The Morgan fingerprint density at radius 2 is 1.93 bits per heavy atom. The fourth-order valence-electron chi connectivity index (χ4n) is 4.01. The van der Waals surface area contributed by atoms with Crippen LogP contribution in [0.2, 0.25) is 0 Å². The molecular formula is C21H29N7OS. The maximum absolute atomic E-state index is 12.5. The van der Waals surface area contributed by atoms with Gasteiger partial charge in [0.1, 0.15) is 0 Å². The van der Waals surface area contributed by atoms with Gasteiger partial charge in [0.2, 0.25) is 0 Å². The Morgan fingerprint density at radius 3 is 2.57 bits per heavy atom. The van der Waals surface area contributed by atoms with Crippen molar-refractivity contribution in [2.45, 2.75) is 58.2 Å². The normalized spacial score (nSPS) is 19.2. The van der Waals surface area contributed by atoms with Gasteiger partial charge in [-0.05, 0) is 51.7 Å². The van der Waals surface area contributed by atoms with Crippen molar-refractivity contribution in [2.75, 3.05) is 19.0 Å². The van der Waals surface area contributed by atoms with Crippen molar-refractivity contribution in [1.82, 2.24) is 29.9 Å². The van der Waals surface area contributed by atoms with Gasteiger partial charge in [0.05, 0.1) is 11.7 Å². The van der Waals surface area contributed by atoms with Crippen LogP contribution in [-0.4, -0.2) is 44.7 Å². The number of nitrogens with zero attached hydrogens (tertiary/aromatic N) is 6. The summed E-state index contributed by atoms with van der Waals surface area (Å²) < 4.78 is 3.46. The van der Waals surface area contributed by atoms with Crippen molar-refractivity contribution >= 4 is 16.5 Å². The summed E-state index contributed by atoms with van der Waals surface area (Å²) in [5, 5.41) is 13.8. The largest absolute Gasteiger partial charge is 0.354 e. The minimum Gasteiger partial charge on any atom is -0.354 e. The first-order valence-corrected chi connectivity index (χ1v) is 11.2. The van der Waals surface area contributed by atoms with Crippen molar-refractivity contribution < 1.29 is 0 Å². The van der Waals surface area contributed by atoms with Crippen molar-refractivity contribution in [3.63, 3.8) is 0 Å². The Bertz CT molecular complexity index is 1060. The predicted molar refractivity (Wildman–Crippen MR) is 120 cm³/mol. The van der Waals surface area contributed by atoms with E-state index >= 15 is 0 Å². The fourth-order valence-corrected chi connectivity index (χ4v) is 4.79. The van der Waals surface area contributed by atoms with Gasteiger partial charge in [-0.25, -0.2) is 14.3 Å². The standard InChI is InChI=1S/C21H29N7OS/c1-14-11-15(2)27(24-14)19-9-10-20(29)28(25-19)17-7-5-16(6-8-17)22-12-18-13-23-21(30-18)26(3)4/h9-11,13,16-17,22H,5-8,12H2,1-4H3. The van der Waals surface area contributed by atoms with Crippen molar-refractivity contribution in [1.29, 1.82) is 0 Å². The van der Waals surface area contributed by atoms with E-state index in [-0.39, 0.29) is 11.6 Å². The minimum atomic E-state index is -0.0439. The molecule has 30 heavy (non-hydrogen) atoms. The van der Waals surface area contributed by atoms with Crippen molar-refractivity contribution in [3.05, 3.63) is 51.0 Å². The zero-order valence-electron chi connectivity index (χ0n) is 18.0. The van der Waals surface area contributed by atoms with Crippen LogP contribution in [0.5, 0.6) is 0 Å². The van der Waals surface area contributed by atoms with E-state index in [2.05, 4.69) is 20.5 Å². The highest BCUT2D eigenvalue weighted by molar-refractivity contribution is 7.15. The lowest BCUT2D eigenvalue weighted by molar-refractivity contribution is 0.268. The molecule has 1 aliphatic carbocycles. The average Bonchev–Trinajstić information content (AvgIpc) is 3.33. The maximum Gasteiger partial charge on any atom is 0.267 e. The first kappa shape index (κ1) is 20.7. The summed E-state index contributed by atoms with van der Waals surface area (Å²) in [4.78, 5) is 20.2. The first-order valence-electron chi connectivity index (χ1n) is 10.4. The lowest BCUT2D eigenvalue weighted by Crippen LogP contribution is -2.36. The highest BCUT2D eigenvalue weighted by atomic mass is 32.1. The molecule has 0 atom stereocenters. The highest BCUT2D eigenvalue weighted by Crippen LogP contribution is 2.28. The average molecular weight is 428 g/mol. The molecule has 0 aromatic carbocycles. The molecule has 1 fully saturated rings. The SMILES string of the molecule is Cc1cc(C)n(-c2ccc(=O)n(C3CCC(NCc4cnc(N(C)C)s4)CC3)n2)n1. The molecule has 0 unspecified atom stereocenters. The Hall–Kier alpha value is -2.52. The third-order valence-corrected chi connectivity index (χ3v) is 6.73. The number of hydrogen-bond acceptors (Lipinski definition) is 7. The molecule has 9 heteroatoms. The van der Waals surface area contributed by atoms with Crippen LogP contribution in [0.1, 0.15) is 48.0 Å². The first-order chi connectivity index (χ1) is 14.4. The number of hydrogen-bond donors (Lipinski definition) is 1. The molecule has 3 aromatic heterocycles. The summed E-state index contributed by atoms with van der Waals surface area (Å²) in [6.07, 6.45) is 5.89. The molecule has 0 amide bonds. The summed E-state index contributed by atoms with van der Waals surface area (Å²) in [7, 11) is 4.02. The molecule has 1 aliphatic rings. The number of aryl methyl sites for hydroxylation is 2. The Morgan fingerprint density at radius 1 is 1.17 bits per heavy atom. The van der Waals surface area contributed by atoms with Crippen molar-refractivity contribution in [2.24, 2.45) is 0 Å². The van der Waals surface area contributed by atoms with E-state index in [1.54, 1.807) is 32.8 Å². The van der Waals surface area contributed by atoms with Crippen molar-refractivity contribution in [3.8, 4) is 5.82 Å². The molecule has 0 bridgehead atoms. The van der Waals surface area contributed by atoms with Gasteiger partial charge < -0.3 is 10.2 Å². The van der Waals surface area contributed by atoms with Crippen LogP contribution in [0.15, 0.2) is 29.2 Å². The number of rotatable bonds is 6. The van der Waals surface area contributed by atoms with Crippen LogP contribution in [0.4, 0.5) is 5.13 Å². The summed E-state index contributed by atoms with van der Waals surface area (Å²) in [5.41, 5.74) is 1.91. The summed E-state index contributed by atoms with van der Waals surface area (Å²) in [6, 6.07) is 5.97. The summed E-state index contributed by atoms with van der Waals surface area (Å²) >= 11 is 1.72. The topological polar surface area (TPSA) is 80.9 Å². The van der Waals surface area contributed by atoms with Crippen LogP contribution >= 0.6 is 11.3 Å². The van der Waals surface area contributed by atoms with Gasteiger partial charge in [-0.15, -0.1) is 16.4 Å². The molecule has 0 aliphatic heterocycles. The molecule has 0 radical (unpaired) electrons. The van der Waals surface area contributed by atoms with Crippen LogP contribution < -0.4 is 15.8 Å².